The number of hydrogen-bond donors (Lipinski definition) is 0. The van der Waals surface area contributed by atoms with Crippen molar-refractivity contribution < 1.29 is 17.9 Å². The van der Waals surface area contributed by atoms with E-state index in [-0.39, 0.29) is 17.4 Å². The number of rotatable bonds is 2. The van der Waals surface area contributed by atoms with Gasteiger partial charge >= 0.3 is 0 Å². The van der Waals surface area contributed by atoms with Gasteiger partial charge in [-0.15, -0.1) is 0 Å². The van der Waals surface area contributed by atoms with Crippen LogP contribution in [0.3, 0.4) is 0 Å². The van der Waals surface area contributed by atoms with E-state index in [2.05, 4.69) is 0 Å². The molecule has 0 spiro atoms. The van der Waals surface area contributed by atoms with Gasteiger partial charge in [0, 0.05) is 6.61 Å². The lowest BCUT2D eigenvalue weighted by molar-refractivity contribution is -0.118. The summed E-state index contributed by atoms with van der Waals surface area (Å²) in [4.78, 5) is 11.1. The standard InChI is InChI=1S/C9H14O4S/c10-6-9(2-3-13-7-9)8-1-4-14(11,12)5-8/h6,8H,1-5,7H2. The van der Waals surface area contributed by atoms with Gasteiger partial charge in [0.15, 0.2) is 9.84 Å². The van der Waals surface area contributed by atoms with Crippen molar-refractivity contribution in [1.29, 1.82) is 0 Å². The number of carbonyl (C=O) groups excluding carboxylic acids is 1. The van der Waals surface area contributed by atoms with E-state index >= 15 is 0 Å². The topological polar surface area (TPSA) is 60.4 Å². The summed E-state index contributed by atoms with van der Waals surface area (Å²) in [6.45, 7) is 0.978. The molecule has 0 amide bonds. The molecule has 14 heavy (non-hydrogen) atoms. The van der Waals surface area contributed by atoms with Crippen LogP contribution in [0.1, 0.15) is 12.8 Å². The van der Waals surface area contributed by atoms with Crippen molar-refractivity contribution in [3.8, 4) is 0 Å². The van der Waals surface area contributed by atoms with Crippen LogP contribution < -0.4 is 0 Å². The molecule has 2 aliphatic heterocycles. The maximum atomic E-state index is 11.3. The number of sulfone groups is 1. The van der Waals surface area contributed by atoms with Gasteiger partial charge in [-0.05, 0) is 18.8 Å². The third kappa shape index (κ3) is 1.59. The van der Waals surface area contributed by atoms with Crippen LogP contribution in [-0.2, 0) is 19.4 Å². The fraction of sp³-hybridized carbons (Fsp3) is 0.889. The molecule has 2 fully saturated rings. The molecule has 2 unspecified atom stereocenters. The van der Waals surface area contributed by atoms with Crippen molar-refractivity contribution in [1.82, 2.24) is 0 Å². The Balaban J connectivity index is 2.18. The second kappa shape index (κ2) is 3.31. The molecule has 0 aromatic carbocycles. The van der Waals surface area contributed by atoms with E-state index in [1.807, 2.05) is 0 Å². The van der Waals surface area contributed by atoms with Gasteiger partial charge in [0.2, 0.25) is 0 Å². The molecule has 5 heteroatoms. The Labute approximate surface area is 83.5 Å². The lowest BCUT2D eigenvalue weighted by Gasteiger charge is -2.26. The SMILES string of the molecule is O=CC1(C2CCS(=O)(=O)C2)CCOC1. The molecule has 2 heterocycles. The van der Waals surface area contributed by atoms with Crippen LogP contribution in [0.2, 0.25) is 0 Å². The van der Waals surface area contributed by atoms with Gasteiger partial charge in [0.05, 0.1) is 23.5 Å². The highest BCUT2D eigenvalue weighted by Crippen LogP contribution is 2.40. The summed E-state index contributed by atoms with van der Waals surface area (Å²) in [6, 6.07) is 0. The Hall–Kier alpha value is -0.420. The highest BCUT2D eigenvalue weighted by molar-refractivity contribution is 7.91. The highest BCUT2D eigenvalue weighted by Gasteiger charge is 2.46. The van der Waals surface area contributed by atoms with Gasteiger partial charge in [-0.1, -0.05) is 0 Å². The van der Waals surface area contributed by atoms with Crippen molar-refractivity contribution in [3.63, 3.8) is 0 Å². The summed E-state index contributed by atoms with van der Waals surface area (Å²) in [5.41, 5.74) is -0.510. The normalized spacial score (nSPS) is 41.3. The maximum Gasteiger partial charge on any atom is 0.150 e. The monoisotopic (exact) mass is 218 g/mol. The average molecular weight is 218 g/mol. The minimum atomic E-state index is -2.90. The molecule has 2 rings (SSSR count). The van der Waals surface area contributed by atoms with E-state index in [1.54, 1.807) is 0 Å². The van der Waals surface area contributed by atoms with Gasteiger partial charge in [0.25, 0.3) is 0 Å². The van der Waals surface area contributed by atoms with Crippen LogP contribution in [-0.4, -0.2) is 39.4 Å². The number of aldehydes is 1. The van der Waals surface area contributed by atoms with Gasteiger partial charge in [0.1, 0.15) is 6.29 Å². The summed E-state index contributed by atoms with van der Waals surface area (Å²) in [7, 11) is -2.90. The van der Waals surface area contributed by atoms with Crippen molar-refractivity contribution in [3.05, 3.63) is 0 Å². The second-order valence-electron chi connectivity index (χ2n) is 4.25. The van der Waals surface area contributed by atoms with Crippen molar-refractivity contribution in [2.45, 2.75) is 12.8 Å². The summed E-state index contributed by atoms with van der Waals surface area (Å²) < 4.78 is 27.8. The van der Waals surface area contributed by atoms with Crippen LogP contribution in [0.15, 0.2) is 0 Å². The first-order valence-corrected chi connectivity index (χ1v) is 6.65. The van der Waals surface area contributed by atoms with E-state index in [9.17, 15) is 13.2 Å². The molecule has 80 valence electrons. The van der Waals surface area contributed by atoms with Crippen molar-refractivity contribution in [2.24, 2.45) is 11.3 Å². The molecular weight excluding hydrogens is 204 g/mol. The molecule has 0 N–H and O–H groups in total. The molecule has 0 saturated carbocycles. The van der Waals surface area contributed by atoms with Crippen molar-refractivity contribution >= 4 is 16.1 Å². The summed E-state index contributed by atoms with van der Waals surface area (Å²) >= 11 is 0. The lowest BCUT2D eigenvalue weighted by Crippen LogP contribution is -2.33. The first kappa shape index (κ1) is 10.1. The fourth-order valence-corrected chi connectivity index (χ4v) is 4.28. The van der Waals surface area contributed by atoms with Crippen LogP contribution in [0.4, 0.5) is 0 Å². The molecule has 0 aromatic heterocycles. The van der Waals surface area contributed by atoms with Gasteiger partial charge in [-0.2, -0.15) is 0 Å². The molecule has 0 aromatic rings. The third-order valence-corrected chi connectivity index (χ3v) is 5.13. The van der Waals surface area contributed by atoms with E-state index in [1.165, 1.54) is 0 Å². The van der Waals surface area contributed by atoms with Crippen molar-refractivity contribution in [2.75, 3.05) is 24.7 Å². The predicted molar refractivity (Wildman–Crippen MR) is 50.7 cm³/mol. The van der Waals surface area contributed by atoms with E-state index in [0.29, 0.717) is 26.1 Å². The zero-order valence-corrected chi connectivity index (χ0v) is 8.76. The minimum absolute atomic E-state index is 0.0208. The van der Waals surface area contributed by atoms with Gasteiger partial charge in [-0.3, -0.25) is 0 Å². The zero-order chi connectivity index (χ0) is 10.2. The third-order valence-electron chi connectivity index (χ3n) is 3.36. The Morgan fingerprint density at radius 1 is 1.43 bits per heavy atom. The lowest BCUT2D eigenvalue weighted by atomic mass is 9.76. The molecule has 0 aliphatic carbocycles. The summed E-state index contributed by atoms with van der Waals surface area (Å²) in [5, 5.41) is 0. The summed E-state index contributed by atoms with van der Waals surface area (Å²) in [6.07, 6.45) is 2.20. The quantitative estimate of drug-likeness (QED) is 0.613. The number of ether oxygens (including phenoxy) is 1. The van der Waals surface area contributed by atoms with Crippen LogP contribution in [0.5, 0.6) is 0 Å². The van der Waals surface area contributed by atoms with E-state index in [4.69, 9.17) is 4.74 Å². The summed E-state index contributed by atoms with van der Waals surface area (Å²) in [5.74, 6) is 0.370. The first-order chi connectivity index (χ1) is 6.58. The second-order valence-corrected chi connectivity index (χ2v) is 6.48. The molecule has 0 bridgehead atoms. The largest absolute Gasteiger partial charge is 0.380 e. The highest BCUT2D eigenvalue weighted by atomic mass is 32.2. The van der Waals surface area contributed by atoms with Crippen LogP contribution in [0, 0.1) is 11.3 Å². The molecule has 2 saturated heterocycles. The van der Waals surface area contributed by atoms with Crippen LogP contribution in [0.25, 0.3) is 0 Å². The molecule has 2 aliphatic rings. The van der Waals surface area contributed by atoms with Crippen LogP contribution >= 0.6 is 0 Å². The Kier molecular flexibility index (Phi) is 2.39. The smallest absolute Gasteiger partial charge is 0.150 e. The Morgan fingerprint density at radius 3 is 2.64 bits per heavy atom. The number of carbonyl (C=O) groups is 1. The Morgan fingerprint density at radius 2 is 2.21 bits per heavy atom. The predicted octanol–water partition coefficient (Wildman–Crippen LogP) is 0.0267. The molecular formula is C9H14O4S. The van der Waals surface area contributed by atoms with Gasteiger partial charge in [-0.25, -0.2) is 8.42 Å². The fourth-order valence-electron chi connectivity index (χ4n) is 2.36. The average Bonchev–Trinajstić information content (AvgIpc) is 2.72. The van der Waals surface area contributed by atoms with E-state index in [0.717, 1.165) is 6.29 Å². The molecule has 2 atom stereocenters. The van der Waals surface area contributed by atoms with Gasteiger partial charge < -0.3 is 9.53 Å². The zero-order valence-electron chi connectivity index (χ0n) is 7.94. The van der Waals surface area contributed by atoms with E-state index < -0.39 is 15.3 Å². The number of hydrogen-bond acceptors (Lipinski definition) is 4. The molecule has 0 radical (unpaired) electrons. The minimum Gasteiger partial charge on any atom is -0.380 e. The molecule has 4 nitrogen and oxygen atoms in total. The first-order valence-electron chi connectivity index (χ1n) is 4.82. The maximum absolute atomic E-state index is 11.3. The Bertz CT molecular complexity index is 327.